The van der Waals surface area contributed by atoms with Gasteiger partial charge in [-0.15, -0.1) is 5.10 Å². The van der Waals surface area contributed by atoms with Crippen molar-refractivity contribution in [3.05, 3.63) is 30.1 Å². The molecule has 6 heteroatoms. The Hall–Kier alpha value is -1.69. The molecule has 0 aliphatic heterocycles. The maximum absolute atomic E-state index is 4.30. The largest absolute Gasteiger partial charge is 0.334 e. The van der Waals surface area contributed by atoms with E-state index in [1.165, 1.54) is 0 Å². The molecular formula is C10H16N6. The number of hydrogen-bond acceptors (Lipinski definition) is 4. The van der Waals surface area contributed by atoms with Crippen LogP contribution in [-0.2, 0) is 19.6 Å². The van der Waals surface area contributed by atoms with Gasteiger partial charge in [-0.05, 0) is 14.0 Å². The van der Waals surface area contributed by atoms with Gasteiger partial charge in [0.05, 0.1) is 11.9 Å². The molecule has 0 saturated carbocycles. The molecule has 0 aliphatic carbocycles. The Balaban J connectivity index is 2.08. The van der Waals surface area contributed by atoms with Crippen molar-refractivity contribution >= 4 is 0 Å². The van der Waals surface area contributed by atoms with E-state index in [0.717, 1.165) is 24.6 Å². The summed E-state index contributed by atoms with van der Waals surface area (Å²) in [6.45, 7) is 4.42. The predicted molar refractivity (Wildman–Crippen MR) is 59.8 cm³/mol. The summed E-state index contributed by atoms with van der Waals surface area (Å²) in [5, 5.41) is 11.2. The maximum Gasteiger partial charge on any atom is 0.130 e. The Bertz CT molecular complexity index is 444. The molecule has 0 radical (unpaired) electrons. The number of aryl methyl sites for hydroxylation is 1. The van der Waals surface area contributed by atoms with Crippen LogP contribution in [0, 0.1) is 0 Å². The lowest BCUT2D eigenvalue weighted by Crippen LogP contribution is -2.08. The Morgan fingerprint density at radius 2 is 2.31 bits per heavy atom. The summed E-state index contributed by atoms with van der Waals surface area (Å²) in [6.07, 6.45) is 5.72. The number of aromatic nitrogens is 5. The zero-order valence-corrected chi connectivity index (χ0v) is 9.59. The zero-order valence-electron chi connectivity index (χ0n) is 9.59. The van der Waals surface area contributed by atoms with Gasteiger partial charge in [-0.25, -0.2) is 9.67 Å². The topological polar surface area (TPSA) is 60.6 Å². The molecule has 2 heterocycles. The minimum Gasteiger partial charge on any atom is -0.334 e. The van der Waals surface area contributed by atoms with Crippen LogP contribution in [0.4, 0.5) is 0 Å². The third-order valence-corrected chi connectivity index (χ3v) is 2.39. The molecule has 0 bridgehead atoms. The Morgan fingerprint density at radius 1 is 1.44 bits per heavy atom. The lowest BCUT2D eigenvalue weighted by molar-refractivity contribution is 0.588. The summed E-state index contributed by atoms with van der Waals surface area (Å²) >= 11 is 0. The van der Waals surface area contributed by atoms with Crippen LogP contribution in [0.25, 0.3) is 0 Å². The molecule has 16 heavy (non-hydrogen) atoms. The molecule has 86 valence electrons. The first kappa shape index (κ1) is 10.8. The van der Waals surface area contributed by atoms with Crippen molar-refractivity contribution in [2.75, 3.05) is 7.05 Å². The third-order valence-electron chi connectivity index (χ3n) is 2.39. The van der Waals surface area contributed by atoms with Crippen LogP contribution >= 0.6 is 0 Å². The molecule has 2 rings (SSSR count). The van der Waals surface area contributed by atoms with E-state index in [-0.39, 0.29) is 0 Å². The summed E-state index contributed by atoms with van der Waals surface area (Å²) in [5.74, 6) is 1.00. The molecule has 0 spiro atoms. The highest BCUT2D eigenvalue weighted by molar-refractivity contribution is 4.96. The van der Waals surface area contributed by atoms with E-state index in [1.54, 1.807) is 4.68 Å². The SMILES string of the molecule is CCn1ccnc1Cn1cc(CNC)nn1. The van der Waals surface area contributed by atoms with Gasteiger partial charge in [0.1, 0.15) is 12.4 Å². The van der Waals surface area contributed by atoms with Crippen molar-refractivity contribution in [2.24, 2.45) is 0 Å². The monoisotopic (exact) mass is 220 g/mol. The zero-order chi connectivity index (χ0) is 11.4. The first-order valence-corrected chi connectivity index (χ1v) is 5.37. The van der Waals surface area contributed by atoms with Crippen LogP contribution in [0.5, 0.6) is 0 Å². The van der Waals surface area contributed by atoms with E-state index < -0.39 is 0 Å². The molecule has 0 fully saturated rings. The first-order chi connectivity index (χ1) is 7.83. The molecule has 0 atom stereocenters. The van der Waals surface area contributed by atoms with Gasteiger partial charge in [0.25, 0.3) is 0 Å². The van der Waals surface area contributed by atoms with Crippen LogP contribution in [0.15, 0.2) is 18.6 Å². The second kappa shape index (κ2) is 4.89. The van der Waals surface area contributed by atoms with E-state index >= 15 is 0 Å². The summed E-state index contributed by atoms with van der Waals surface area (Å²) in [6, 6.07) is 0. The standard InChI is InChI=1S/C10H16N6/c1-3-15-5-4-12-10(15)8-16-7-9(6-11-2)13-14-16/h4-5,7,11H,3,6,8H2,1-2H3. The highest BCUT2D eigenvalue weighted by Gasteiger charge is 2.04. The molecule has 2 aromatic heterocycles. The molecule has 0 amide bonds. The lowest BCUT2D eigenvalue weighted by Gasteiger charge is -2.03. The maximum atomic E-state index is 4.30. The Morgan fingerprint density at radius 3 is 3.06 bits per heavy atom. The highest BCUT2D eigenvalue weighted by Crippen LogP contribution is 2.01. The van der Waals surface area contributed by atoms with Gasteiger partial charge >= 0.3 is 0 Å². The minimum absolute atomic E-state index is 0.664. The quantitative estimate of drug-likeness (QED) is 0.785. The molecule has 0 unspecified atom stereocenters. The molecule has 0 aliphatic rings. The van der Waals surface area contributed by atoms with Gasteiger partial charge < -0.3 is 9.88 Å². The molecule has 1 N–H and O–H groups in total. The fourth-order valence-electron chi connectivity index (χ4n) is 1.60. The highest BCUT2D eigenvalue weighted by atomic mass is 15.4. The van der Waals surface area contributed by atoms with Gasteiger partial charge in [-0.2, -0.15) is 0 Å². The fourth-order valence-corrected chi connectivity index (χ4v) is 1.60. The van der Waals surface area contributed by atoms with Crippen LogP contribution < -0.4 is 5.32 Å². The lowest BCUT2D eigenvalue weighted by atomic mass is 10.5. The predicted octanol–water partition coefficient (Wildman–Crippen LogP) is 0.262. The van der Waals surface area contributed by atoms with Crippen LogP contribution in [-0.4, -0.2) is 31.6 Å². The molecule has 6 nitrogen and oxygen atoms in total. The van der Waals surface area contributed by atoms with Crippen molar-refractivity contribution in [2.45, 2.75) is 26.6 Å². The van der Waals surface area contributed by atoms with Crippen LogP contribution in [0.3, 0.4) is 0 Å². The molecule has 0 aromatic carbocycles. The van der Waals surface area contributed by atoms with Gasteiger partial charge in [0.15, 0.2) is 0 Å². The van der Waals surface area contributed by atoms with Crippen molar-refractivity contribution < 1.29 is 0 Å². The molecule has 2 aromatic rings. The van der Waals surface area contributed by atoms with Gasteiger partial charge in [-0.1, -0.05) is 5.21 Å². The van der Waals surface area contributed by atoms with Crippen molar-refractivity contribution in [3.8, 4) is 0 Å². The molecular weight excluding hydrogens is 204 g/mol. The minimum atomic E-state index is 0.664. The van der Waals surface area contributed by atoms with E-state index in [9.17, 15) is 0 Å². The van der Waals surface area contributed by atoms with Crippen molar-refractivity contribution in [1.82, 2.24) is 29.9 Å². The van der Waals surface area contributed by atoms with E-state index in [0.29, 0.717) is 6.54 Å². The normalized spacial score (nSPS) is 10.9. The fraction of sp³-hybridized carbons (Fsp3) is 0.500. The van der Waals surface area contributed by atoms with Gasteiger partial charge in [-0.3, -0.25) is 0 Å². The summed E-state index contributed by atoms with van der Waals surface area (Å²) < 4.78 is 3.90. The number of nitrogens with zero attached hydrogens (tertiary/aromatic N) is 5. The summed E-state index contributed by atoms with van der Waals surface area (Å²) in [7, 11) is 1.89. The van der Waals surface area contributed by atoms with Gasteiger partial charge in [0.2, 0.25) is 0 Å². The first-order valence-electron chi connectivity index (χ1n) is 5.37. The molecule has 0 saturated heterocycles. The number of nitrogens with one attached hydrogen (secondary N) is 1. The average Bonchev–Trinajstić information content (AvgIpc) is 2.89. The second-order valence-corrected chi connectivity index (χ2v) is 3.57. The third kappa shape index (κ3) is 2.27. The van der Waals surface area contributed by atoms with Gasteiger partial charge in [0, 0.05) is 25.5 Å². The number of imidazole rings is 1. The van der Waals surface area contributed by atoms with Crippen molar-refractivity contribution in [1.29, 1.82) is 0 Å². The second-order valence-electron chi connectivity index (χ2n) is 3.57. The Labute approximate surface area is 94.3 Å². The number of rotatable bonds is 5. The Kier molecular flexibility index (Phi) is 3.31. The van der Waals surface area contributed by atoms with E-state index in [1.807, 2.05) is 25.6 Å². The van der Waals surface area contributed by atoms with Crippen LogP contribution in [0.2, 0.25) is 0 Å². The number of hydrogen-bond donors (Lipinski definition) is 1. The van der Waals surface area contributed by atoms with Crippen molar-refractivity contribution in [3.63, 3.8) is 0 Å². The average molecular weight is 220 g/mol. The smallest absolute Gasteiger partial charge is 0.130 e. The van der Waals surface area contributed by atoms with E-state index in [4.69, 9.17) is 0 Å². The summed E-state index contributed by atoms with van der Waals surface area (Å²) in [4.78, 5) is 4.30. The van der Waals surface area contributed by atoms with Crippen LogP contribution in [0.1, 0.15) is 18.4 Å². The van der Waals surface area contributed by atoms with E-state index in [2.05, 4.69) is 32.1 Å². The summed E-state index contributed by atoms with van der Waals surface area (Å²) in [5.41, 5.74) is 0.942.